The first-order chi connectivity index (χ1) is 7.31. The number of hydrogen-bond acceptors (Lipinski definition) is 3. The lowest BCUT2D eigenvalue weighted by molar-refractivity contribution is 0.346. The van der Waals surface area contributed by atoms with E-state index in [2.05, 4.69) is 0 Å². The molecular weight excluding hydrogens is 195 g/mol. The number of para-hydroxylation sites is 1. The molecule has 0 unspecified atom stereocenters. The van der Waals surface area contributed by atoms with E-state index < -0.39 is 0 Å². The molecule has 15 heavy (non-hydrogen) atoms. The second-order valence-electron chi connectivity index (χ2n) is 2.87. The van der Waals surface area contributed by atoms with Crippen molar-refractivity contribution in [2.75, 3.05) is 13.2 Å². The molecular formula is C11H11FN2O. The van der Waals surface area contributed by atoms with Crippen molar-refractivity contribution in [2.24, 2.45) is 5.73 Å². The SMILES string of the molecule is N#Cc1ccccc1OC/C(=C/F)CN. The fourth-order valence-corrected chi connectivity index (χ4v) is 0.990. The van der Waals surface area contributed by atoms with E-state index in [1.807, 2.05) is 6.07 Å². The monoisotopic (exact) mass is 206 g/mol. The maximum absolute atomic E-state index is 12.2. The molecule has 1 rings (SSSR count). The first-order valence-electron chi connectivity index (χ1n) is 4.42. The smallest absolute Gasteiger partial charge is 0.137 e. The molecule has 0 fully saturated rings. The van der Waals surface area contributed by atoms with Crippen LogP contribution in [0.15, 0.2) is 36.2 Å². The minimum atomic E-state index is 0.0612. The van der Waals surface area contributed by atoms with E-state index in [9.17, 15) is 4.39 Å². The molecule has 0 saturated carbocycles. The molecule has 0 aromatic heterocycles. The molecule has 78 valence electrons. The fraction of sp³-hybridized carbons (Fsp3) is 0.182. The minimum Gasteiger partial charge on any atom is -0.488 e. The number of nitrogens with two attached hydrogens (primary N) is 1. The maximum Gasteiger partial charge on any atom is 0.137 e. The Hall–Kier alpha value is -1.86. The van der Waals surface area contributed by atoms with Gasteiger partial charge in [-0.2, -0.15) is 5.26 Å². The number of nitriles is 1. The van der Waals surface area contributed by atoms with Crippen LogP contribution >= 0.6 is 0 Å². The summed E-state index contributed by atoms with van der Waals surface area (Å²) in [5.41, 5.74) is 6.04. The van der Waals surface area contributed by atoms with Crippen molar-refractivity contribution in [1.29, 1.82) is 5.26 Å². The molecule has 3 nitrogen and oxygen atoms in total. The molecule has 0 aliphatic rings. The van der Waals surface area contributed by atoms with E-state index in [-0.39, 0.29) is 13.2 Å². The highest BCUT2D eigenvalue weighted by Crippen LogP contribution is 2.17. The zero-order valence-electron chi connectivity index (χ0n) is 8.11. The molecule has 0 heterocycles. The van der Waals surface area contributed by atoms with Crippen LogP contribution in [0.3, 0.4) is 0 Å². The summed E-state index contributed by atoms with van der Waals surface area (Å²) in [6.07, 6.45) is 0.426. The number of rotatable bonds is 4. The predicted octanol–water partition coefficient (Wildman–Crippen LogP) is 1.75. The molecule has 0 aliphatic carbocycles. The van der Waals surface area contributed by atoms with Crippen molar-refractivity contribution in [3.63, 3.8) is 0 Å². The van der Waals surface area contributed by atoms with E-state index in [0.717, 1.165) is 0 Å². The Bertz CT molecular complexity index is 396. The van der Waals surface area contributed by atoms with Crippen molar-refractivity contribution >= 4 is 0 Å². The second-order valence-corrected chi connectivity index (χ2v) is 2.87. The lowest BCUT2D eigenvalue weighted by atomic mass is 10.2. The average Bonchev–Trinajstić information content (AvgIpc) is 2.31. The van der Waals surface area contributed by atoms with Gasteiger partial charge in [0.25, 0.3) is 0 Å². The third kappa shape index (κ3) is 3.08. The largest absolute Gasteiger partial charge is 0.488 e. The van der Waals surface area contributed by atoms with Crippen molar-refractivity contribution in [1.82, 2.24) is 0 Å². The van der Waals surface area contributed by atoms with Gasteiger partial charge in [0.15, 0.2) is 0 Å². The van der Waals surface area contributed by atoms with Crippen molar-refractivity contribution in [3.05, 3.63) is 41.7 Å². The summed E-state index contributed by atoms with van der Waals surface area (Å²) >= 11 is 0. The number of benzene rings is 1. The maximum atomic E-state index is 12.2. The molecule has 0 radical (unpaired) electrons. The van der Waals surface area contributed by atoms with Crippen LogP contribution in [0.4, 0.5) is 4.39 Å². The summed E-state index contributed by atoms with van der Waals surface area (Å²) in [6.45, 7) is 0.164. The Morgan fingerprint density at radius 1 is 1.53 bits per heavy atom. The highest BCUT2D eigenvalue weighted by molar-refractivity contribution is 5.42. The summed E-state index contributed by atoms with van der Waals surface area (Å²) in [5.74, 6) is 0.438. The predicted molar refractivity (Wildman–Crippen MR) is 54.9 cm³/mol. The third-order valence-electron chi connectivity index (χ3n) is 1.84. The van der Waals surface area contributed by atoms with E-state index in [1.165, 1.54) is 0 Å². The Morgan fingerprint density at radius 2 is 2.27 bits per heavy atom. The molecule has 0 aliphatic heterocycles. The van der Waals surface area contributed by atoms with Gasteiger partial charge in [0.2, 0.25) is 0 Å². The average molecular weight is 206 g/mol. The summed E-state index contributed by atoms with van der Waals surface area (Å²) in [6, 6.07) is 8.76. The highest BCUT2D eigenvalue weighted by atomic mass is 19.1. The molecule has 1 aromatic carbocycles. The molecule has 0 atom stereocenters. The normalized spacial score (nSPS) is 10.9. The number of nitrogens with zero attached hydrogens (tertiary/aromatic N) is 1. The quantitative estimate of drug-likeness (QED) is 0.816. The first-order valence-corrected chi connectivity index (χ1v) is 4.42. The van der Waals surface area contributed by atoms with E-state index >= 15 is 0 Å². The van der Waals surface area contributed by atoms with Gasteiger partial charge in [-0.05, 0) is 12.1 Å². The van der Waals surface area contributed by atoms with Gasteiger partial charge in [0, 0.05) is 12.1 Å². The molecule has 1 aromatic rings. The van der Waals surface area contributed by atoms with Crippen LogP contribution in [0.1, 0.15) is 5.56 Å². The highest BCUT2D eigenvalue weighted by Gasteiger charge is 2.02. The van der Waals surface area contributed by atoms with Crippen LogP contribution in [0, 0.1) is 11.3 Å². The van der Waals surface area contributed by atoms with Gasteiger partial charge < -0.3 is 10.5 Å². The van der Waals surface area contributed by atoms with Crippen LogP contribution in [0.5, 0.6) is 5.75 Å². The topological polar surface area (TPSA) is 59.0 Å². The second kappa shape index (κ2) is 5.78. The fourth-order valence-electron chi connectivity index (χ4n) is 0.990. The standard InChI is InChI=1S/C11H11FN2O/c12-5-9(6-13)8-15-11-4-2-1-3-10(11)7-14/h1-5H,6,8,13H2/b9-5+. The van der Waals surface area contributed by atoms with Gasteiger partial charge in [-0.1, -0.05) is 12.1 Å². The number of halogens is 1. The van der Waals surface area contributed by atoms with E-state index in [4.69, 9.17) is 15.7 Å². The first kappa shape index (κ1) is 11.2. The van der Waals surface area contributed by atoms with Gasteiger partial charge in [-0.3, -0.25) is 0 Å². The lowest BCUT2D eigenvalue weighted by Crippen LogP contribution is -2.11. The Morgan fingerprint density at radius 3 is 2.87 bits per heavy atom. The van der Waals surface area contributed by atoms with Crippen LogP contribution in [-0.2, 0) is 0 Å². The van der Waals surface area contributed by atoms with Gasteiger partial charge in [0.1, 0.15) is 18.4 Å². The van der Waals surface area contributed by atoms with Gasteiger partial charge in [0.05, 0.1) is 11.9 Å². The number of ether oxygens (including phenoxy) is 1. The number of hydrogen-bond donors (Lipinski definition) is 1. The lowest BCUT2D eigenvalue weighted by Gasteiger charge is -2.07. The van der Waals surface area contributed by atoms with Gasteiger partial charge in [-0.15, -0.1) is 0 Å². The van der Waals surface area contributed by atoms with Crippen LogP contribution < -0.4 is 10.5 Å². The van der Waals surface area contributed by atoms with E-state index in [0.29, 0.717) is 23.2 Å². The molecule has 0 amide bonds. The summed E-state index contributed by atoms with van der Waals surface area (Å²) in [5, 5.41) is 8.75. The summed E-state index contributed by atoms with van der Waals surface area (Å²) in [4.78, 5) is 0. The van der Waals surface area contributed by atoms with E-state index in [1.54, 1.807) is 24.3 Å². The van der Waals surface area contributed by atoms with Gasteiger partial charge >= 0.3 is 0 Å². The minimum absolute atomic E-state index is 0.0612. The van der Waals surface area contributed by atoms with Crippen LogP contribution in [-0.4, -0.2) is 13.2 Å². The zero-order valence-corrected chi connectivity index (χ0v) is 8.11. The van der Waals surface area contributed by atoms with Crippen molar-refractivity contribution in [2.45, 2.75) is 0 Å². The third-order valence-corrected chi connectivity index (χ3v) is 1.84. The van der Waals surface area contributed by atoms with Crippen molar-refractivity contribution < 1.29 is 9.13 Å². The van der Waals surface area contributed by atoms with Gasteiger partial charge in [-0.25, -0.2) is 4.39 Å². The van der Waals surface area contributed by atoms with Crippen molar-refractivity contribution in [3.8, 4) is 11.8 Å². The summed E-state index contributed by atoms with van der Waals surface area (Å²) in [7, 11) is 0. The van der Waals surface area contributed by atoms with Crippen LogP contribution in [0.25, 0.3) is 0 Å². The Balaban J connectivity index is 2.70. The Labute approximate surface area is 87.6 Å². The molecule has 2 N–H and O–H groups in total. The molecule has 4 heteroatoms. The summed E-state index contributed by atoms with van der Waals surface area (Å²) < 4.78 is 17.4. The molecule has 0 spiro atoms. The molecule has 0 saturated heterocycles. The Kier molecular flexibility index (Phi) is 4.32. The molecule has 0 bridgehead atoms. The zero-order chi connectivity index (χ0) is 11.1. The van der Waals surface area contributed by atoms with Crippen LogP contribution in [0.2, 0.25) is 0 Å².